The molecule has 1 fully saturated rings. The van der Waals surface area contributed by atoms with Gasteiger partial charge in [-0.05, 0) is 76.3 Å². The predicted octanol–water partition coefficient (Wildman–Crippen LogP) is 6.10. The van der Waals surface area contributed by atoms with Gasteiger partial charge in [0.2, 0.25) is 0 Å². The minimum absolute atomic E-state index is 0.146. The molecule has 4 N–H and O–H groups in total. The van der Waals surface area contributed by atoms with Crippen molar-refractivity contribution in [3.05, 3.63) is 54.1 Å². The number of para-hydroxylation sites is 1. The largest absolute Gasteiger partial charge is 0.490 e. The number of carbonyl (C=O) groups is 3. The van der Waals surface area contributed by atoms with Gasteiger partial charge in [-0.1, -0.05) is 44.4 Å². The second kappa shape index (κ2) is 17.9. The molecule has 1 heterocycles. The second-order valence-electron chi connectivity index (χ2n) is 13.1. The van der Waals surface area contributed by atoms with E-state index < -0.39 is 6.04 Å². The number of likely N-dealkylation sites (N-methyl/N-ethyl adjacent to an activating group) is 1. The summed E-state index contributed by atoms with van der Waals surface area (Å²) in [4.78, 5) is 43.5. The molecule has 2 aromatic rings. The lowest BCUT2D eigenvalue weighted by Gasteiger charge is -2.35. The first-order valence-corrected chi connectivity index (χ1v) is 17.1. The number of urea groups is 2. The van der Waals surface area contributed by atoms with Gasteiger partial charge in [0, 0.05) is 50.1 Å². The zero-order chi connectivity index (χ0) is 33.8. The van der Waals surface area contributed by atoms with E-state index in [1.165, 1.54) is 6.42 Å². The highest BCUT2D eigenvalue weighted by Crippen LogP contribution is 2.29. The van der Waals surface area contributed by atoms with Crippen LogP contribution >= 0.6 is 0 Å². The van der Waals surface area contributed by atoms with Gasteiger partial charge in [0.25, 0.3) is 5.91 Å². The molecule has 2 aliphatic rings. The van der Waals surface area contributed by atoms with Crippen LogP contribution in [-0.2, 0) is 4.74 Å². The van der Waals surface area contributed by atoms with E-state index in [9.17, 15) is 19.5 Å². The monoisotopic (exact) mass is 651 g/mol. The van der Waals surface area contributed by atoms with Crippen LogP contribution in [0.15, 0.2) is 48.5 Å². The maximum Gasteiger partial charge on any atom is 0.321 e. The highest BCUT2D eigenvalue weighted by atomic mass is 16.5. The lowest BCUT2D eigenvalue weighted by atomic mass is 9.96. The van der Waals surface area contributed by atoms with Crippen LogP contribution in [0, 0.1) is 5.92 Å². The Labute approximate surface area is 279 Å². The van der Waals surface area contributed by atoms with Crippen LogP contribution < -0.4 is 20.7 Å². The minimum Gasteiger partial charge on any atom is -0.490 e. The summed E-state index contributed by atoms with van der Waals surface area (Å²) >= 11 is 0. The number of ether oxygens (including phenoxy) is 2. The summed E-state index contributed by atoms with van der Waals surface area (Å²) in [6.07, 6.45) is 7.25. The number of amides is 5. The van der Waals surface area contributed by atoms with E-state index in [0.717, 1.165) is 44.9 Å². The standard InChI is InChI=1S/C36H53N5O6/c1-25-22-41(26(2)24-42)34(43)31-21-30(38-35(44)37-28-14-7-5-8-15-28)18-19-32(31)47-27(3)13-11-12-20-46-33(25)23-40(4)36(45)39-29-16-9-6-10-17-29/h6,9-10,16-19,21,25-28,33,42H,5,7-8,11-15,20,22-24H2,1-4H3,(H,39,45)(H2,37,38,44)/t25-,26-,27+,33-/m0/s1. The number of rotatable bonds is 7. The predicted molar refractivity (Wildman–Crippen MR) is 184 cm³/mol. The molecule has 0 aromatic heterocycles. The number of hydrogen-bond acceptors (Lipinski definition) is 6. The maximum atomic E-state index is 14.3. The molecule has 4 atom stereocenters. The van der Waals surface area contributed by atoms with Gasteiger partial charge in [0.05, 0.1) is 30.4 Å². The number of carbonyl (C=O) groups excluding carboxylic acids is 3. The normalized spacial score (nSPS) is 22.2. The first-order chi connectivity index (χ1) is 22.6. The van der Waals surface area contributed by atoms with Gasteiger partial charge in [-0.25, -0.2) is 9.59 Å². The van der Waals surface area contributed by atoms with Crippen molar-refractivity contribution >= 4 is 29.3 Å². The zero-order valence-corrected chi connectivity index (χ0v) is 28.4. The number of anilines is 2. The third kappa shape index (κ3) is 10.9. The van der Waals surface area contributed by atoms with E-state index in [1.807, 2.05) is 44.2 Å². The SMILES string of the molecule is C[C@@H]1CCCCO[C@@H](CN(C)C(=O)Nc2ccccc2)[C@@H](C)CN([C@@H](C)CO)C(=O)c2cc(NC(=O)NC3CCCCC3)ccc2O1. The van der Waals surface area contributed by atoms with Gasteiger partial charge in [0.15, 0.2) is 0 Å². The molecule has 0 unspecified atom stereocenters. The number of nitrogens with zero attached hydrogens (tertiary/aromatic N) is 2. The zero-order valence-electron chi connectivity index (χ0n) is 28.4. The van der Waals surface area contributed by atoms with Gasteiger partial charge in [-0.2, -0.15) is 0 Å². The van der Waals surface area contributed by atoms with Crippen molar-refractivity contribution in [2.24, 2.45) is 5.92 Å². The second-order valence-corrected chi connectivity index (χ2v) is 13.1. The molecule has 47 heavy (non-hydrogen) atoms. The summed E-state index contributed by atoms with van der Waals surface area (Å²) in [6, 6.07) is 13.5. The Morgan fingerprint density at radius 2 is 1.70 bits per heavy atom. The fraction of sp³-hybridized carbons (Fsp3) is 0.583. The minimum atomic E-state index is -0.505. The molecule has 1 aliphatic carbocycles. The van der Waals surface area contributed by atoms with Gasteiger partial charge in [0.1, 0.15) is 5.75 Å². The molecule has 1 aliphatic heterocycles. The lowest BCUT2D eigenvalue weighted by Crippen LogP contribution is -2.48. The molecule has 0 bridgehead atoms. The first-order valence-electron chi connectivity index (χ1n) is 17.1. The first kappa shape index (κ1) is 36.0. The fourth-order valence-corrected chi connectivity index (χ4v) is 6.16. The topological polar surface area (TPSA) is 132 Å². The van der Waals surface area contributed by atoms with Crippen molar-refractivity contribution in [1.29, 1.82) is 0 Å². The summed E-state index contributed by atoms with van der Waals surface area (Å²) in [7, 11) is 1.73. The van der Waals surface area contributed by atoms with Crippen LogP contribution in [0.3, 0.4) is 0 Å². The summed E-state index contributed by atoms with van der Waals surface area (Å²) in [5.41, 5.74) is 1.50. The van der Waals surface area contributed by atoms with E-state index >= 15 is 0 Å². The Morgan fingerprint density at radius 3 is 2.43 bits per heavy atom. The molecule has 1 saturated carbocycles. The number of fused-ring (bicyclic) bond motifs is 1. The van der Waals surface area contributed by atoms with Gasteiger partial charge >= 0.3 is 12.1 Å². The third-order valence-corrected chi connectivity index (χ3v) is 9.08. The Kier molecular flexibility index (Phi) is 13.7. The van der Waals surface area contributed by atoms with Crippen LogP contribution in [-0.4, -0.2) is 90.5 Å². The van der Waals surface area contributed by atoms with Crippen LogP contribution in [0.1, 0.15) is 82.5 Å². The number of aliphatic hydroxyl groups excluding tert-OH is 1. The van der Waals surface area contributed by atoms with Crippen LogP contribution in [0.5, 0.6) is 5.75 Å². The molecular weight excluding hydrogens is 598 g/mol. The maximum absolute atomic E-state index is 14.3. The molecule has 258 valence electrons. The van der Waals surface area contributed by atoms with Crippen molar-refractivity contribution in [3.8, 4) is 5.75 Å². The molecule has 0 radical (unpaired) electrons. The average Bonchev–Trinajstić information content (AvgIpc) is 3.06. The summed E-state index contributed by atoms with van der Waals surface area (Å²) in [5.74, 6) is -0.0673. The van der Waals surface area contributed by atoms with E-state index in [2.05, 4.69) is 16.0 Å². The van der Waals surface area contributed by atoms with Gasteiger partial charge < -0.3 is 40.3 Å². The smallest absolute Gasteiger partial charge is 0.321 e. The third-order valence-electron chi connectivity index (χ3n) is 9.08. The summed E-state index contributed by atoms with van der Waals surface area (Å²) < 4.78 is 12.7. The number of benzene rings is 2. The average molecular weight is 652 g/mol. The number of hydrogen-bond donors (Lipinski definition) is 4. The Bertz CT molecular complexity index is 1300. The van der Waals surface area contributed by atoms with Crippen molar-refractivity contribution in [2.45, 2.75) is 96.4 Å². The quantitative estimate of drug-likeness (QED) is 0.286. The summed E-state index contributed by atoms with van der Waals surface area (Å²) in [6.45, 7) is 6.63. The Balaban J connectivity index is 1.56. The van der Waals surface area contributed by atoms with Crippen molar-refractivity contribution < 1.29 is 29.0 Å². The van der Waals surface area contributed by atoms with Crippen LogP contribution in [0.2, 0.25) is 0 Å². The van der Waals surface area contributed by atoms with Crippen molar-refractivity contribution in [3.63, 3.8) is 0 Å². The molecule has 0 saturated heterocycles. The Hall–Kier alpha value is -3.83. The van der Waals surface area contributed by atoms with E-state index in [1.54, 1.807) is 42.0 Å². The van der Waals surface area contributed by atoms with Gasteiger partial charge in [-0.15, -0.1) is 0 Å². The number of nitrogens with one attached hydrogen (secondary N) is 3. The highest BCUT2D eigenvalue weighted by molar-refractivity contribution is 5.99. The Morgan fingerprint density at radius 1 is 0.979 bits per heavy atom. The molecule has 11 heteroatoms. The molecule has 4 rings (SSSR count). The fourth-order valence-electron chi connectivity index (χ4n) is 6.16. The molecule has 0 spiro atoms. The number of aliphatic hydroxyl groups is 1. The van der Waals surface area contributed by atoms with Gasteiger partial charge in [-0.3, -0.25) is 4.79 Å². The van der Waals surface area contributed by atoms with Crippen LogP contribution in [0.4, 0.5) is 21.0 Å². The van der Waals surface area contributed by atoms with Crippen molar-refractivity contribution in [2.75, 3.05) is 44.0 Å². The molecule has 2 aromatic carbocycles. The molecule has 5 amide bonds. The van der Waals surface area contributed by atoms with E-state index in [4.69, 9.17) is 9.47 Å². The highest BCUT2D eigenvalue weighted by Gasteiger charge is 2.31. The van der Waals surface area contributed by atoms with E-state index in [-0.39, 0.29) is 55.3 Å². The van der Waals surface area contributed by atoms with E-state index in [0.29, 0.717) is 35.8 Å². The lowest BCUT2D eigenvalue weighted by molar-refractivity contribution is -0.0115. The molecule has 11 nitrogen and oxygen atoms in total. The molecular formula is C36H53N5O6. The summed E-state index contributed by atoms with van der Waals surface area (Å²) in [5, 5.41) is 19.1. The van der Waals surface area contributed by atoms with Crippen LogP contribution in [0.25, 0.3) is 0 Å². The van der Waals surface area contributed by atoms with Crippen molar-refractivity contribution in [1.82, 2.24) is 15.1 Å².